The summed E-state index contributed by atoms with van der Waals surface area (Å²) in [6.45, 7) is 0.873. The summed E-state index contributed by atoms with van der Waals surface area (Å²) in [7, 11) is 0. The molecule has 1 aliphatic rings. The molecule has 1 aromatic rings. The van der Waals surface area contributed by atoms with E-state index in [9.17, 15) is 18.3 Å². The summed E-state index contributed by atoms with van der Waals surface area (Å²) in [5.41, 5.74) is -0.769. The maximum atomic E-state index is 12.8. The third-order valence-electron chi connectivity index (χ3n) is 3.30. The number of benzene rings is 1. The molecule has 1 aliphatic heterocycles. The second-order valence-corrected chi connectivity index (χ2v) is 4.63. The van der Waals surface area contributed by atoms with E-state index in [1.165, 1.54) is 18.2 Å². The second-order valence-electron chi connectivity index (χ2n) is 4.63. The van der Waals surface area contributed by atoms with Gasteiger partial charge in [0.05, 0.1) is 11.7 Å². The first-order valence-corrected chi connectivity index (χ1v) is 6.06. The minimum atomic E-state index is -4.42. The van der Waals surface area contributed by atoms with E-state index in [0.29, 0.717) is 6.42 Å². The van der Waals surface area contributed by atoms with Crippen LogP contribution in [-0.2, 0) is 6.18 Å². The molecule has 0 aromatic heterocycles. The molecule has 2 unspecified atom stereocenters. The van der Waals surface area contributed by atoms with Crippen molar-refractivity contribution in [2.45, 2.75) is 37.6 Å². The zero-order chi connectivity index (χ0) is 13.2. The zero-order valence-corrected chi connectivity index (χ0v) is 9.87. The topological polar surface area (TPSA) is 32.3 Å². The summed E-state index contributed by atoms with van der Waals surface area (Å²) in [5, 5.41) is 13.2. The van der Waals surface area contributed by atoms with Gasteiger partial charge in [-0.25, -0.2) is 0 Å². The van der Waals surface area contributed by atoms with Gasteiger partial charge in [0.15, 0.2) is 0 Å². The third kappa shape index (κ3) is 3.03. The van der Waals surface area contributed by atoms with Crippen molar-refractivity contribution >= 4 is 0 Å². The Hall–Kier alpha value is -1.07. The highest BCUT2D eigenvalue weighted by atomic mass is 19.4. The summed E-state index contributed by atoms with van der Waals surface area (Å²) in [6, 6.07) is 5.34. The Balaban J connectivity index is 2.16. The normalized spacial score (nSPS) is 22.1. The van der Waals surface area contributed by atoms with Crippen molar-refractivity contribution < 1.29 is 18.3 Å². The highest BCUT2D eigenvalue weighted by molar-refractivity contribution is 5.31. The van der Waals surface area contributed by atoms with Crippen molar-refractivity contribution in [3.05, 3.63) is 35.4 Å². The maximum Gasteiger partial charge on any atom is 0.416 e. The quantitative estimate of drug-likeness (QED) is 0.874. The molecule has 0 radical (unpaired) electrons. The molecule has 0 spiro atoms. The van der Waals surface area contributed by atoms with Crippen LogP contribution in [0.15, 0.2) is 24.3 Å². The second kappa shape index (κ2) is 5.28. The summed E-state index contributed by atoms with van der Waals surface area (Å²) in [4.78, 5) is 0. The van der Waals surface area contributed by atoms with Crippen LogP contribution in [0.1, 0.15) is 36.5 Å². The fraction of sp³-hybridized carbons (Fsp3) is 0.538. The van der Waals surface area contributed by atoms with Crippen molar-refractivity contribution in [1.82, 2.24) is 5.32 Å². The number of hydrogen-bond acceptors (Lipinski definition) is 2. The Labute approximate surface area is 104 Å². The fourth-order valence-corrected chi connectivity index (χ4v) is 2.40. The van der Waals surface area contributed by atoms with Gasteiger partial charge in [-0.3, -0.25) is 0 Å². The Morgan fingerprint density at radius 3 is 2.67 bits per heavy atom. The van der Waals surface area contributed by atoms with Crippen molar-refractivity contribution in [3.63, 3.8) is 0 Å². The number of hydrogen-bond donors (Lipinski definition) is 2. The molecule has 1 aromatic carbocycles. The lowest BCUT2D eigenvalue weighted by Gasteiger charge is -2.20. The van der Waals surface area contributed by atoms with E-state index < -0.39 is 17.8 Å². The molecule has 18 heavy (non-hydrogen) atoms. The van der Waals surface area contributed by atoms with Gasteiger partial charge >= 0.3 is 6.18 Å². The van der Waals surface area contributed by atoms with Crippen molar-refractivity contribution in [2.24, 2.45) is 0 Å². The number of nitrogens with one attached hydrogen (secondary N) is 1. The third-order valence-corrected chi connectivity index (χ3v) is 3.30. The molecule has 0 saturated carbocycles. The number of aliphatic hydroxyl groups is 1. The largest absolute Gasteiger partial charge is 0.416 e. The number of aliphatic hydroxyl groups excluding tert-OH is 1. The molecule has 0 amide bonds. The number of alkyl halides is 3. The van der Waals surface area contributed by atoms with E-state index in [1.807, 2.05) is 0 Å². The van der Waals surface area contributed by atoms with Crippen LogP contribution in [0.5, 0.6) is 0 Å². The van der Waals surface area contributed by atoms with Gasteiger partial charge in [-0.1, -0.05) is 18.2 Å². The summed E-state index contributed by atoms with van der Waals surface area (Å²) in [6.07, 6.45) is -3.24. The first kappa shape index (κ1) is 13.4. The molecule has 1 fully saturated rings. The molecule has 1 heterocycles. The number of halogens is 3. The van der Waals surface area contributed by atoms with E-state index in [1.54, 1.807) is 0 Å². The molecule has 2 rings (SSSR count). The lowest BCUT2D eigenvalue weighted by Crippen LogP contribution is -2.24. The van der Waals surface area contributed by atoms with E-state index in [2.05, 4.69) is 5.32 Å². The Morgan fingerprint density at radius 1 is 1.33 bits per heavy atom. The Kier molecular flexibility index (Phi) is 3.92. The first-order valence-electron chi connectivity index (χ1n) is 6.06. The highest BCUT2D eigenvalue weighted by Crippen LogP contribution is 2.36. The lowest BCUT2D eigenvalue weighted by molar-refractivity contribution is -0.139. The van der Waals surface area contributed by atoms with Crippen LogP contribution in [0.2, 0.25) is 0 Å². The summed E-state index contributed by atoms with van der Waals surface area (Å²) < 4.78 is 38.4. The maximum absolute atomic E-state index is 12.8. The molecule has 1 saturated heterocycles. The Morgan fingerprint density at radius 2 is 2.06 bits per heavy atom. The lowest BCUT2D eigenvalue weighted by atomic mass is 9.96. The molecular formula is C13H16F3NO. The van der Waals surface area contributed by atoms with Gasteiger partial charge < -0.3 is 10.4 Å². The molecule has 5 heteroatoms. The molecule has 2 nitrogen and oxygen atoms in total. The minimum absolute atomic E-state index is 0.0290. The van der Waals surface area contributed by atoms with E-state index in [0.717, 1.165) is 25.5 Å². The number of rotatable bonds is 3. The van der Waals surface area contributed by atoms with E-state index in [-0.39, 0.29) is 11.6 Å². The average Bonchev–Trinajstić information content (AvgIpc) is 2.80. The van der Waals surface area contributed by atoms with Crippen LogP contribution >= 0.6 is 0 Å². The van der Waals surface area contributed by atoms with Crippen LogP contribution in [0.25, 0.3) is 0 Å². The standard InChI is InChI=1S/C13H16F3NO/c14-13(15,16)11-6-2-1-5-10(11)12(18)8-9-4-3-7-17-9/h1-2,5-6,9,12,17-18H,3-4,7-8H2. The zero-order valence-electron chi connectivity index (χ0n) is 9.87. The SMILES string of the molecule is OC(CC1CCCN1)c1ccccc1C(F)(F)F. The van der Waals surface area contributed by atoms with Crippen LogP contribution < -0.4 is 5.32 Å². The highest BCUT2D eigenvalue weighted by Gasteiger charge is 2.35. The molecule has 0 bridgehead atoms. The molecular weight excluding hydrogens is 243 g/mol. The minimum Gasteiger partial charge on any atom is -0.388 e. The van der Waals surface area contributed by atoms with Crippen molar-refractivity contribution in [1.29, 1.82) is 0 Å². The Bertz CT molecular complexity index is 399. The smallest absolute Gasteiger partial charge is 0.388 e. The van der Waals surface area contributed by atoms with Gasteiger partial charge in [-0.2, -0.15) is 13.2 Å². The van der Waals surface area contributed by atoms with Crippen molar-refractivity contribution in [2.75, 3.05) is 6.54 Å². The van der Waals surface area contributed by atoms with Crippen molar-refractivity contribution in [3.8, 4) is 0 Å². The molecule has 100 valence electrons. The average molecular weight is 259 g/mol. The van der Waals surface area contributed by atoms with Crippen LogP contribution in [0, 0.1) is 0 Å². The molecule has 0 aliphatic carbocycles. The monoisotopic (exact) mass is 259 g/mol. The van der Waals surface area contributed by atoms with Gasteiger partial charge in [0, 0.05) is 6.04 Å². The predicted octanol–water partition coefficient (Wildman–Crippen LogP) is 2.88. The van der Waals surface area contributed by atoms with Crippen LogP contribution in [0.3, 0.4) is 0 Å². The van der Waals surface area contributed by atoms with Crippen LogP contribution in [0.4, 0.5) is 13.2 Å². The van der Waals surface area contributed by atoms with E-state index >= 15 is 0 Å². The van der Waals surface area contributed by atoms with Gasteiger partial charge in [0.1, 0.15) is 0 Å². The van der Waals surface area contributed by atoms with Crippen LogP contribution in [-0.4, -0.2) is 17.7 Å². The van der Waals surface area contributed by atoms with Gasteiger partial charge in [-0.05, 0) is 37.4 Å². The van der Waals surface area contributed by atoms with Gasteiger partial charge in [-0.15, -0.1) is 0 Å². The van der Waals surface area contributed by atoms with E-state index in [4.69, 9.17) is 0 Å². The summed E-state index contributed by atoms with van der Waals surface area (Å²) in [5.74, 6) is 0. The molecule has 2 N–H and O–H groups in total. The fourth-order valence-electron chi connectivity index (χ4n) is 2.40. The predicted molar refractivity (Wildman–Crippen MR) is 62.0 cm³/mol. The summed E-state index contributed by atoms with van der Waals surface area (Å²) >= 11 is 0. The first-order chi connectivity index (χ1) is 8.48. The van der Waals surface area contributed by atoms with Gasteiger partial charge in [0.2, 0.25) is 0 Å². The van der Waals surface area contributed by atoms with Gasteiger partial charge in [0.25, 0.3) is 0 Å². The molecule has 2 atom stereocenters.